The number of aryl methyl sites for hydroxylation is 1. The van der Waals surface area contributed by atoms with Gasteiger partial charge in [-0.1, -0.05) is 67.1 Å². The number of likely N-dealkylation sites (tertiary alicyclic amines) is 2. The zero-order chi connectivity index (χ0) is 25.0. The van der Waals surface area contributed by atoms with Gasteiger partial charge in [-0.05, 0) is 106 Å². The molecule has 0 radical (unpaired) electrons. The summed E-state index contributed by atoms with van der Waals surface area (Å²) >= 11 is 0. The van der Waals surface area contributed by atoms with Crippen LogP contribution in [0.15, 0.2) is 66.7 Å². The fourth-order valence-electron chi connectivity index (χ4n) is 6.17. The summed E-state index contributed by atoms with van der Waals surface area (Å²) in [5.41, 5.74) is 8.41. The summed E-state index contributed by atoms with van der Waals surface area (Å²) in [6, 6.07) is 24.2. The number of aromatic amines is 1. The second kappa shape index (κ2) is 11.2. The minimum Gasteiger partial charge on any atom is -0.338 e. The number of para-hydroxylation sites is 1. The van der Waals surface area contributed by atoms with Crippen molar-refractivity contribution in [3.05, 3.63) is 77.9 Å². The highest BCUT2D eigenvalue weighted by Gasteiger charge is 2.20. The number of piperidine rings is 2. The molecule has 0 spiro atoms. The minimum absolute atomic E-state index is 0.923. The second-order valence-corrected chi connectivity index (χ2v) is 11.2. The Morgan fingerprint density at radius 1 is 0.757 bits per heavy atom. The lowest BCUT2D eigenvalue weighted by Crippen LogP contribution is -2.36. The van der Waals surface area contributed by atoms with Gasteiger partial charge in [-0.15, -0.1) is 0 Å². The molecule has 0 atom stereocenters. The van der Waals surface area contributed by atoms with Crippen LogP contribution in [0.4, 0.5) is 0 Å². The first-order chi connectivity index (χ1) is 18.2. The molecule has 0 bridgehead atoms. The van der Waals surface area contributed by atoms with Crippen LogP contribution < -0.4 is 0 Å². The number of nitrogens with zero attached hydrogens (tertiary/aromatic N) is 3. The summed E-state index contributed by atoms with van der Waals surface area (Å²) in [5, 5.41) is 0. The van der Waals surface area contributed by atoms with Gasteiger partial charge >= 0.3 is 0 Å². The number of benzene rings is 3. The maximum atomic E-state index is 4.83. The summed E-state index contributed by atoms with van der Waals surface area (Å²) in [5.74, 6) is 1.86. The summed E-state index contributed by atoms with van der Waals surface area (Å²) in [6.45, 7) is 9.66. The molecule has 3 heterocycles. The van der Waals surface area contributed by atoms with Crippen molar-refractivity contribution < 1.29 is 0 Å². The van der Waals surface area contributed by atoms with Crippen molar-refractivity contribution in [2.75, 3.05) is 32.7 Å². The van der Waals surface area contributed by atoms with Gasteiger partial charge in [0.15, 0.2) is 0 Å². The molecule has 4 nitrogen and oxygen atoms in total. The van der Waals surface area contributed by atoms with E-state index >= 15 is 0 Å². The van der Waals surface area contributed by atoms with Gasteiger partial charge in [-0.3, -0.25) is 4.90 Å². The van der Waals surface area contributed by atoms with Crippen LogP contribution >= 0.6 is 0 Å². The first-order valence-corrected chi connectivity index (χ1v) is 14.3. The van der Waals surface area contributed by atoms with Gasteiger partial charge in [0, 0.05) is 12.1 Å². The van der Waals surface area contributed by atoms with E-state index in [-0.39, 0.29) is 0 Å². The van der Waals surface area contributed by atoms with E-state index in [0.717, 1.165) is 34.9 Å². The molecule has 6 rings (SSSR count). The highest BCUT2D eigenvalue weighted by Crippen LogP contribution is 2.27. The van der Waals surface area contributed by atoms with Crippen molar-refractivity contribution in [1.29, 1.82) is 0 Å². The van der Waals surface area contributed by atoms with E-state index < -0.39 is 0 Å². The molecule has 2 saturated heterocycles. The SMILES string of the molecule is Cc1cccc2[nH]c(-c3ccc(-c4ccc(CN5CCC(CCN6CCCCC6)CC5)cc4)cc3)nc12. The maximum Gasteiger partial charge on any atom is 0.138 e. The number of imidazole rings is 1. The van der Waals surface area contributed by atoms with Crippen molar-refractivity contribution in [3.63, 3.8) is 0 Å². The third-order valence-electron chi connectivity index (χ3n) is 8.58. The average Bonchev–Trinajstić information content (AvgIpc) is 3.40. The highest BCUT2D eigenvalue weighted by molar-refractivity contribution is 5.82. The second-order valence-electron chi connectivity index (χ2n) is 11.2. The fraction of sp³-hybridized carbons (Fsp3) is 0.424. The zero-order valence-corrected chi connectivity index (χ0v) is 22.3. The number of nitrogens with one attached hydrogen (secondary N) is 1. The van der Waals surface area contributed by atoms with E-state index in [9.17, 15) is 0 Å². The molecular weight excluding hydrogens is 452 g/mol. The molecule has 192 valence electrons. The topological polar surface area (TPSA) is 35.2 Å². The number of hydrogen-bond acceptors (Lipinski definition) is 3. The van der Waals surface area contributed by atoms with E-state index in [1.54, 1.807) is 0 Å². The number of H-pyrrole nitrogens is 1. The molecular formula is C33H40N4. The van der Waals surface area contributed by atoms with E-state index in [1.165, 1.54) is 93.5 Å². The molecule has 2 aliphatic heterocycles. The van der Waals surface area contributed by atoms with Crippen molar-refractivity contribution in [3.8, 4) is 22.5 Å². The zero-order valence-electron chi connectivity index (χ0n) is 22.3. The van der Waals surface area contributed by atoms with Crippen LogP contribution in [0.5, 0.6) is 0 Å². The van der Waals surface area contributed by atoms with Crippen molar-refractivity contribution in [2.45, 2.75) is 52.0 Å². The Morgan fingerprint density at radius 2 is 1.43 bits per heavy atom. The van der Waals surface area contributed by atoms with E-state index in [4.69, 9.17) is 4.98 Å². The third kappa shape index (κ3) is 5.81. The van der Waals surface area contributed by atoms with Gasteiger partial charge in [0.25, 0.3) is 0 Å². The predicted octanol–water partition coefficient (Wildman–Crippen LogP) is 7.29. The van der Waals surface area contributed by atoms with E-state index in [2.05, 4.69) is 88.4 Å². The smallest absolute Gasteiger partial charge is 0.138 e. The summed E-state index contributed by atoms with van der Waals surface area (Å²) in [6.07, 6.45) is 8.38. The largest absolute Gasteiger partial charge is 0.338 e. The molecule has 0 unspecified atom stereocenters. The van der Waals surface area contributed by atoms with E-state index in [1.807, 2.05) is 0 Å². The maximum absolute atomic E-state index is 4.83. The van der Waals surface area contributed by atoms with Gasteiger partial charge in [0.05, 0.1) is 11.0 Å². The van der Waals surface area contributed by atoms with Crippen LogP contribution in [0.2, 0.25) is 0 Å². The molecule has 1 aromatic heterocycles. The predicted molar refractivity (Wildman–Crippen MR) is 155 cm³/mol. The summed E-state index contributed by atoms with van der Waals surface area (Å²) in [7, 11) is 0. The van der Waals surface area contributed by atoms with Crippen LogP contribution in [-0.4, -0.2) is 52.5 Å². The standard InChI is InChI=1S/C33H40N4/c1-25-6-5-7-31-32(25)35-33(34-31)30-14-12-29(13-15-30)28-10-8-27(9-11-28)24-37-22-17-26(18-23-37)16-21-36-19-3-2-4-20-36/h5-15,26H,2-4,16-24H2,1H3,(H,34,35). The van der Waals surface area contributed by atoms with Crippen LogP contribution in [0, 0.1) is 12.8 Å². The van der Waals surface area contributed by atoms with Gasteiger partial charge in [0.1, 0.15) is 5.82 Å². The monoisotopic (exact) mass is 492 g/mol. The van der Waals surface area contributed by atoms with Crippen LogP contribution in [0.3, 0.4) is 0 Å². The molecule has 0 amide bonds. The Labute approximate surface area is 221 Å². The molecule has 4 aromatic rings. The molecule has 37 heavy (non-hydrogen) atoms. The molecule has 0 saturated carbocycles. The number of hydrogen-bond donors (Lipinski definition) is 1. The van der Waals surface area contributed by atoms with Crippen LogP contribution in [-0.2, 0) is 6.54 Å². The van der Waals surface area contributed by atoms with Crippen molar-refractivity contribution in [2.24, 2.45) is 5.92 Å². The molecule has 1 N–H and O–H groups in total. The van der Waals surface area contributed by atoms with Crippen LogP contribution in [0.1, 0.15) is 49.7 Å². The lowest BCUT2D eigenvalue weighted by Gasteiger charge is -2.34. The minimum atomic E-state index is 0.923. The van der Waals surface area contributed by atoms with E-state index in [0.29, 0.717) is 0 Å². The quantitative estimate of drug-likeness (QED) is 0.294. The van der Waals surface area contributed by atoms with Gasteiger partial charge < -0.3 is 9.88 Å². The Morgan fingerprint density at radius 3 is 2.14 bits per heavy atom. The van der Waals surface area contributed by atoms with Crippen LogP contribution in [0.25, 0.3) is 33.5 Å². The first kappa shape index (κ1) is 24.4. The molecule has 2 fully saturated rings. The van der Waals surface area contributed by atoms with Gasteiger partial charge in [-0.25, -0.2) is 4.98 Å². The fourth-order valence-corrected chi connectivity index (χ4v) is 6.17. The third-order valence-corrected chi connectivity index (χ3v) is 8.58. The first-order valence-electron chi connectivity index (χ1n) is 14.3. The summed E-state index contributed by atoms with van der Waals surface area (Å²) < 4.78 is 0. The Kier molecular flexibility index (Phi) is 7.38. The molecule has 0 aliphatic carbocycles. The van der Waals surface area contributed by atoms with Gasteiger partial charge in [0.2, 0.25) is 0 Å². The number of aromatic nitrogens is 2. The number of fused-ring (bicyclic) bond motifs is 1. The Hall–Kier alpha value is -2.95. The molecule has 3 aromatic carbocycles. The van der Waals surface area contributed by atoms with Gasteiger partial charge in [-0.2, -0.15) is 0 Å². The lowest BCUT2D eigenvalue weighted by atomic mass is 9.92. The summed E-state index contributed by atoms with van der Waals surface area (Å²) in [4.78, 5) is 13.6. The number of rotatable bonds is 7. The normalized spacial score (nSPS) is 18.0. The average molecular weight is 493 g/mol. The molecule has 2 aliphatic rings. The van der Waals surface area contributed by atoms with Crippen molar-refractivity contribution in [1.82, 2.24) is 19.8 Å². The Bertz CT molecular complexity index is 1290. The van der Waals surface area contributed by atoms with Crippen molar-refractivity contribution >= 4 is 11.0 Å². The highest BCUT2D eigenvalue weighted by atomic mass is 15.1. The Balaban J connectivity index is 1.01. The lowest BCUT2D eigenvalue weighted by molar-refractivity contribution is 0.151. The molecule has 4 heteroatoms.